The topological polar surface area (TPSA) is 28.2 Å². The number of nitrogens with one attached hydrogen (secondary N) is 1. The highest BCUT2D eigenvalue weighted by atomic mass is 15.2. The van der Waals surface area contributed by atoms with Crippen LogP contribution in [-0.4, -0.2) is 36.1 Å². The molecule has 0 saturated carbocycles. The van der Waals surface area contributed by atoms with Gasteiger partial charge in [-0.25, -0.2) is 0 Å². The molecule has 2 atom stereocenters. The Bertz CT molecular complexity index is 299. The number of hydrogen-bond donors (Lipinski definition) is 1. The van der Waals surface area contributed by atoms with E-state index in [0.717, 1.165) is 6.54 Å². The normalized spacial score (nSPS) is 24.3. The predicted octanol–water partition coefficient (Wildman–Crippen LogP) is 1.44. The lowest BCUT2D eigenvalue weighted by atomic mass is 10.1. The fraction of sp³-hybridized carbons (Fsp3) is 0.583. The van der Waals surface area contributed by atoms with Gasteiger partial charge in [0.25, 0.3) is 0 Å². The molecule has 3 nitrogen and oxygen atoms in total. The molecule has 1 aromatic rings. The summed E-state index contributed by atoms with van der Waals surface area (Å²) < 4.78 is 0. The van der Waals surface area contributed by atoms with Crippen LogP contribution in [0, 0.1) is 0 Å². The van der Waals surface area contributed by atoms with Crippen molar-refractivity contribution < 1.29 is 0 Å². The van der Waals surface area contributed by atoms with E-state index in [0.29, 0.717) is 12.1 Å². The van der Waals surface area contributed by atoms with E-state index in [1.165, 1.54) is 18.5 Å². The molecule has 0 spiro atoms. The van der Waals surface area contributed by atoms with Crippen LogP contribution in [0.5, 0.6) is 0 Å². The molecular formula is C12H19N3. The first-order valence-corrected chi connectivity index (χ1v) is 5.60. The van der Waals surface area contributed by atoms with E-state index in [1.807, 2.05) is 18.5 Å². The zero-order valence-corrected chi connectivity index (χ0v) is 9.48. The smallest absolute Gasteiger partial charge is 0.0315 e. The molecule has 0 amide bonds. The molecule has 0 radical (unpaired) electrons. The molecule has 1 fully saturated rings. The highest BCUT2D eigenvalue weighted by Gasteiger charge is 2.20. The van der Waals surface area contributed by atoms with Gasteiger partial charge >= 0.3 is 0 Å². The summed E-state index contributed by atoms with van der Waals surface area (Å²) in [6.45, 7) is 4.57. The molecule has 2 rings (SSSR count). The van der Waals surface area contributed by atoms with Gasteiger partial charge in [-0.3, -0.25) is 4.98 Å². The van der Waals surface area contributed by atoms with Gasteiger partial charge in [-0.2, -0.15) is 0 Å². The highest BCUT2D eigenvalue weighted by molar-refractivity contribution is 5.13. The van der Waals surface area contributed by atoms with Crippen molar-refractivity contribution >= 4 is 0 Å². The summed E-state index contributed by atoms with van der Waals surface area (Å²) in [6.07, 6.45) is 5.01. The monoisotopic (exact) mass is 205 g/mol. The molecule has 1 aliphatic heterocycles. The van der Waals surface area contributed by atoms with E-state index in [2.05, 4.69) is 35.2 Å². The summed E-state index contributed by atoms with van der Waals surface area (Å²) in [4.78, 5) is 6.51. The number of aromatic nitrogens is 1. The van der Waals surface area contributed by atoms with Crippen molar-refractivity contribution in [3.05, 3.63) is 30.1 Å². The summed E-state index contributed by atoms with van der Waals surface area (Å²) in [7, 11) is 2.18. The van der Waals surface area contributed by atoms with Crippen LogP contribution in [0.3, 0.4) is 0 Å². The lowest BCUT2D eigenvalue weighted by Crippen LogP contribution is -2.33. The summed E-state index contributed by atoms with van der Waals surface area (Å²) in [5, 5.41) is 3.64. The van der Waals surface area contributed by atoms with E-state index in [1.54, 1.807) is 0 Å². The van der Waals surface area contributed by atoms with Gasteiger partial charge in [0.05, 0.1) is 0 Å². The number of hydrogen-bond acceptors (Lipinski definition) is 3. The molecule has 0 aliphatic carbocycles. The van der Waals surface area contributed by atoms with Gasteiger partial charge in [0.2, 0.25) is 0 Å². The average molecular weight is 205 g/mol. The van der Waals surface area contributed by atoms with Gasteiger partial charge in [-0.15, -0.1) is 0 Å². The maximum atomic E-state index is 4.14. The van der Waals surface area contributed by atoms with Crippen LogP contribution in [0.25, 0.3) is 0 Å². The maximum Gasteiger partial charge on any atom is 0.0315 e. The van der Waals surface area contributed by atoms with Gasteiger partial charge in [0.15, 0.2) is 0 Å². The van der Waals surface area contributed by atoms with Crippen molar-refractivity contribution in [3.63, 3.8) is 0 Å². The Labute approximate surface area is 91.5 Å². The van der Waals surface area contributed by atoms with Crippen LogP contribution in [0.4, 0.5) is 0 Å². The summed E-state index contributed by atoms with van der Waals surface area (Å²) in [5.41, 5.74) is 1.27. The minimum Gasteiger partial charge on any atom is -0.306 e. The third kappa shape index (κ3) is 2.76. The van der Waals surface area contributed by atoms with E-state index < -0.39 is 0 Å². The van der Waals surface area contributed by atoms with Crippen molar-refractivity contribution in [2.75, 3.05) is 20.1 Å². The average Bonchev–Trinajstić information content (AvgIpc) is 2.65. The predicted molar refractivity (Wildman–Crippen MR) is 61.7 cm³/mol. The quantitative estimate of drug-likeness (QED) is 0.809. The van der Waals surface area contributed by atoms with Crippen molar-refractivity contribution in [1.82, 2.24) is 15.2 Å². The first kappa shape index (κ1) is 10.6. The standard InChI is InChI=1S/C12H19N3/c1-10(11-4-3-6-13-8-11)14-12-5-7-15(2)9-12/h3-4,6,8,10,12,14H,5,7,9H2,1-2H3/t10-,12-/m0/s1. The molecule has 3 heteroatoms. The molecule has 2 heterocycles. The Hall–Kier alpha value is -0.930. The second-order valence-electron chi connectivity index (χ2n) is 4.42. The molecule has 1 saturated heterocycles. The highest BCUT2D eigenvalue weighted by Crippen LogP contribution is 2.14. The summed E-state index contributed by atoms with van der Waals surface area (Å²) in [5.74, 6) is 0. The first-order chi connectivity index (χ1) is 7.25. The molecular weight excluding hydrogens is 186 g/mol. The third-order valence-electron chi connectivity index (χ3n) is 3.06. The molecule has 15 heavy (non-hydrogen) atoms. The molecule has 1 aromatic heterocycles. The number of pyridine rings is 1. The molecule has 1 aliphatic rings. The van der Waals surface area contributed by atoms with Crippen LogP contribution in [0.2, 0.25) is 0 Å². The lowest BCUT2D eigenvalue weighted by molar-refractivity contribution is 0.387. The Morgan fingerprint density at radius 2 is 2.47 bits per heavy atom. The minimum atomic E-state index is 0.398. The van der Waals surface area contributed by atoms with Crippen LogP contribution < -0.4 is 5.32 Å². The van der Waals surface area contributed by atoms with E-state index in [-0.39, 0.29) is 0 Å². The molecule has 82 valence electrons. The van der Waals surface area contributed by atoms with Gasteiger partial charge in [0.1, 0.15) is 0 Å². The van der Waals surface area contributed by atoms with Crippen molar-refractivity contribution in [3.8, 4) is 0 Å². The number of likely N-dealkylation sites (N-methyl/N-ethyl adjacent to an activating group) is 1. The van der Waals surface area contributed by atoms with Crippen LogP contribution in [0.15, 0.2) is 24.5 Å². The van der Waals surface area contributed by atoms with Gasteiger partial charge < -0.3 is 10.2 Å². The van der Waals surface area contributed by atoms with Crippen LogP contribution >= 0.6 is 0 Å². The van der Waals surface area contributed by atoms with Gasteiger partial charge in [-0.1, -0.05) is 6.07 Å². The van der Waals surface area contributed by atoms with Crippen LogP contribution in [0.1, 0.15) is 24.9 Å². The zero-order valence-electron chi connectivity index (χ0n) is 9.48. The van der Waals surface area contributed by atoms with E-state index in [9.17, 15) is 0 Å². The third-order valence-corrected chi connectivity index (χ3v) is 3.06. The second kappa shape index (κ2) is 4.73. The van der Waals surface area contributed by atoms with E-state index in [4.69, 9.17) is 0 Å². The zero-order chi connectivity index (χ0) is 10.7. The fourth-order valence-electron chi connectivity index (χ4n) is 2.15. The summed E-state index contributed by atoms with van der Waals surface area (Å²) in [6, 6.07) is 5.15. The Balaban J connectivity index is 1.90. The largest absolute Gasteiger partial charge is 0.306 e. The molecule has 1 N–H and O–H groups in total. The van der Waals surface area contributed by atoms with Gasteiger partial charge in [-0.05, 0) is 38.6 Å². The first-order valence-electron chi connectivity index (χ1n) is 5.60. The van der Waals surface area contributed by atoms with Crippen LogP contribution in [-0.2, 0) is 0 Å². The fourth-order valence-corrected chi connectivity index (χ4v) is 2.15. The van der Waals surface area contributed by atoms with Crippen molar-refractivity contribution in [2.45, 2.75) is 25.4 Å². The number of nitrogens with zero attached hydrogens (tertiary/aromatic N) is 2. The number of rotatable bonds is 3. The number of likely N-dealkylation sites (tertiary alicyclic amines) is 1. The Kier molecular flexibility index (Phi) is 3.34. The van der Waals surface area contributed by atoms with E-state index >= 15 is 0 Å². The maximum absolute atomic E-state index is 4.14. The summed E-state index contributed by atoms with van der Waals surface area (Å²) >= 11 is 0. The Morgan fingerprint density at radius 3 is 3.07 bits per heavy atom. The van der Waals surface area contributed by atoms with Crippen molar-refractivity contribution in [2.24, 2.45) is 0 Å². The molecule has 0 aromatic carbocycles. The molecule has 0 bridgehead atoms. The van der Waals surface area contributed by atoms with Gasteiger partial charge in [0, 0.05) is 31.0 Å². The Morgan fingerprint density at radius 1 is 1.60 bits per heavy atom. The SMILES string of the molecule is C[C@H](N[C@H]1CCN(C)C1)c1cccnc1. The second-order valence-corrected chi connectivity index (χ2v) is 4.42. The lowest BCUT2D eigenvalue weighted by Gasteiger charge is -2.19. The molecule has 0 unspecified atom stereocenters. The van der Waals surface area contributed by atoms with Crippen molar-refractivity contribution in [1.29, 1.82) is 0 Å². The minimum absolute atomic E-state index is 0.398.